The fraction of sp³-hybridized carbons (Fsp3) is 0.111. The molecule has 0 spiro atoms. The normalized spacial score (nSPS) is 12.1. The molecule has 0 saturated heterocycles. The van der Waals surface area contributed by atoms with Crippen LogP contribution < -0.4 is 4.74 Å². The third-order valence-corrected chi connectivity index (χ3v) is 3.59. The van der Waals surface area contributed by atoms with Crippen molar-refractivity contribution in [2.75, 3.05) is 0 Å². The van der Waals surface area contributed by atoms with E-state index in [4.69, 9.17) is 4.74 Å². The summed E-state index contributed by atoms with van der Waals surface area (Å²) in [6.45, 7) is 0. The second-order valence-corrected chi connectivity index (χ2v) is 5.56. The predicted molar refractivity (Wildman–Crippen MR) is 83.9 cm³/mol. The van der Waals surface area contributed by atoms with Crippen LogP contribution in [-0.2, 0) is 12.4 Å². The van der Waals surface area contributed by atoms with E-state index in [2.05, 4.69) is 9.97 Å². The predicted octanol–water partition coefficient (Wildman–Crippen LogP) is 6.11. The van der Waals surface area contributed by atoms with E-state index in [0.29, 0.717) is 12.1 Å². The Morgan fingerprint density at radius 1 is 0.786 bits per heavy atom. The molecule has 0 saturated carbocycles. The third-order valence-electron chi connectivity index (χ3n) is 3.59. The topological polar surface area (TPSA) is 35.0 Å². The van der Waals surface area contributed by atoms with Gasteiger partial charge in [0.1, 0.15) is 17.9 Å². The first kappa shape index (κ1) is 19.6. The Balaban J connectivity index is 1.92. The van der Waals surface area contributed by atoms with Gasteiger partial charge in [0.05, 0.1) is 16.8 Å². The Labute approximate surface area is 153 Å². The smallest absolute Gasteiger partial charge is 0.419 e. The fourth-order valence-corrected chi connectivity index (χ4v) is 2.31. The second kappa shape index (κ2) is 7.10. The first-order chi connectivity index (χ1) is 13.0. The number of nitrogens with zero attached hydrogens (tertiary/aromatic N) is 2. The average Bonchev–Trinajstić information content (AvgIpc) is 2.61. The summed E-state index contributed by atoms with van der Waals surface area (Å²) in [5.74, 6) is -1.80. The molecule has 1 heterocycles. The van der Waals surface area contributed by atoms with Crippen LogP contribution in [0, 0.1) is 5.82 Å². The van der Waals surface area contributed by atoms with Crippen LogP contribution in [0.25, 0.3) is 11.3 Å². The summed E-state index contributed by atoms with van der Waals surface area (Å²) in [5.41, 5.74) is -2.50. The largest absolute Gasteiger partial charge is 0.439 e. The number of hydrogen-bond acceptors (Lipinski definition) is 3. The molecule has 0 fully saturated rings. The van der Waals surface area contributed by atoms with Crippen LogP contribution in [0.2, 0.25) is 0 Å². The highest BCUT2D eigenvalue weighted by Gasteiger charge is 2.34. The van der Waals surface area contributed by atoms with Gasteiger partial charge < -0.3 is 4.74 Å². The van der Waals surface area contributed by atoms with E-state index in [1.54, 1.807) is 0 Å². The van der Waals surface area contributed by atoms with E-state index in [9.17, 15) is 30.7 Å². The van der Waals surface area contributed by atoms with Gasteiger partial charge in [-0.05, 0) is 36.4 Å². The molecular formula is C18H9F7N2O. The molecule has 146 valence electrons. The Kier molecular flexibility index (Phi) is 4.97. The van der Waals surface area contributed by atoms with Crippen LogP contribution >= 0.6 is 0 Å². The van der Waals surface area contributed by atoms with Crippen molar-refractivity contribution in [2.24, 2.45) is 0 Å². The molecule has 0 radical (unpaired) electrons. The van der Waals surface area contributed by atoms with Crippen LogP contribution in [0.3, 0.4) is 0 Å². The van der Waals surface area contributed by atoms with Gasteiger partial charge in [0.15, 0.2) is 0 Å². The van der Waals surface area contributed by atoms with E-state index in [1.165, 1.54) is 6.07 Å². The van der Waals surface area contributed by atoms with Gasteiger partial charge in [0, 0.05) is 11.6 Å². The van der Waals surface area contributed by atoms with Crippen molar-refractivity contribution in [3.05, 3.63) is 71.8 Å². The van der Waals surface area contributed by atoms with Gasteiger partial charge >= 0.3 is 12.4 Å². The lowest BCUT2D eigenvalue weighted by molar-refractivity contribution is -0.140. The monoisotopic (exact) mass is 402 g/mol. The molecule has 3 nitrogen and oxygen atoms in total. The van der Waals surface area contributed by atoms with Crippen LogP contribution in [0.15, 0.2) is 54.9 Å². The van der Waals surface area contributed by atoms with Crippen molar-refractivity contribution < 1.29 is 35.5 Å². The summed E-state index contributed by atoms with van der Waals surface area (Å²) in [5, 5.41) is 0. The van der Waals surface area contributed by atoms with E-state index < -0.39 is 29.3 Å². The molecule has 0 bridgehead atoms. The number of benzene rings is 2. The SMILES string of the molecule is Fc1ccc(-c2cc(Oc3cccc(C(F)(F)F)c3)ncn2)cc1C(F)(F)F. The molecule has 28 heavy (non-hydrogen) atoms. The minimum Gasteiger partial charge on any atom is -0.439 e. The van der Waals surface area contributed by atoms with Crippen molar-refractivity contribution >= 4 is 0 Å². The molecule has 0 aliphatic carbocycles. The zero-order chi connectivity index (χ0) is 20.5. The van der Waals surface area contributed by atoms with Crippen LogP contribution in [0.1, 0.15) is 11.1 Å². The van der Waals surface area contributed by atoms with E-state index in [0.717, 1.165) is 36.7 Å². The molecule has 0 aliphatic rings. The number of alkyl halides is 6. The van der Waals surface area contributed by atoms with Gasteiger partial charge in [-0.1, -0.05) is 6.07 Å². The molecule has 3 rings (SSSR count). The lowest BCUT2D eigenvalue weighted by Gasteiger charge is -2.11. The maximum Gasteiger partial charge on any atom is 0.419 e. The first-order valence-corrected chi connectivity index (χ1v) is 7.58. The van der Waals surface area contributed by atoms with Crippen molar-refractivity contribution in [3.63, 3.8) is 0 Å². The third kappa shape index (κ3) is 4.38. The van der Waals surface area contributed by atoms with Gasteiger partial charge in [-0.25, -0.2) is 14.4 Å². The molecular weight excluding hydrogens is 393 g/mol. The Morgan fingerprint density at radius 3 is 2.21 bits per heavy atom. The van der Waals surface area contributed by atoms with Crippen molar-refractivity contribution in [1.29, 1.82) is 0 Å². The average molecular weight is 402 g/mol. The van der Waals surface area contributed by atoms with Gasteiger partial charge in [0.2, 0.25) is 5.88 Å². The van der Waals surface area contributed by atoms with E-state index >= 15 is 0 Å². The molecule has 10 heteroatoms. The van der Waals surface area contributed by atoms with E-state index in [-0.39, 0.29) is 22.9 Å². The summed E-state index contributed by atoms with van der Waals surface area (Å²) in [6, 6.07) is 7.44. The van der Waals surface area contributed by atoms with Crippen molar-refractivity contribution in [3.8, 4) is 22.9 Å². The molecule has 0 aliphatic heterocycles. The summed E-state index contributed by atoms with van der Waals surface area (Å²) in [6.07, 6.45) is -8.50. The minimum atomic E-state index is -4.90. The van der Waals surface area contributed by atoms with Gasteiger partial charge in [0.25, 0.3) is 0 Å². The van der Waals surface area contributed by atoms with Crippen molar-refractivity contribution in [1.82, 2.24) is 9.97 Å². The molecule has 2 aromatic carbocycles. The van der Waals surface area contributed by atoms with Crippen LogP contribution in [0.4, 0.5) is 30.7 Å². The maximum atomic E-state index is 13.4. The number of rotatable bonds is 3. The molecule has 0 amide bonds. The van der Waals surface area contributed by atoms with Crippen molar-refractivity contribution in [2.45, 2.75) is 12.4 Å². The quantitative estimate of drug-likeness (QED) is 0.496. The Morgan fingerprint density at radius 2 is 1.54 bits per heavy atom. The summed E-state index contributed by atoms with van der Waals surface area (Å²) < 4.78 is 95.5. The lowest BCUT2D eigenvalue weighted by atomic mass is 10.1. The molecule has 0 N–H and O–H groups in total. The van der Waals surface area contributed by atoms with Gasteiger partial charge in [-0.3, -0.25) is 0 Å². The number of hydrogen-bond donors (Lipinski definition) is 0. The maximum absolute atomic E-state index is 13.4. The summed E-state index contributed by atoms with van der Waals surface area (Å²) in [7, 11) is 0. The molecule has 3 aromatic rings. The highest BCUT2D eigenvalue weighted by Crippen LogP contribution is 2.35. The molecule has 0 atom stereocenters. The standard InChI is InChI=1S/C18H9F7N2O/c19-14-5-4-10(6-13(14)18(23,24)25)15-8-16(27-9-26-15)28-12-3-1-2-11(7-12)17(20,21)22/h1-9H. The highest BCUT2D eigenvalue weighted by molar-refractivity contribution is 5.61. The lowest BCUT2D eigenvalue weighted by Crippen LogP contribution is -2.08. The van der Waals surface area contributed by atoms with E-state index in [1.807, 2.05) is 0 Å². The number of halogens is 7. The summed E-state index contributed by atoms with van der Waals surface area (Å²) >= 11 is 0. The number of ether oxygens (including phenoxy) is 1. The first-order valence-electron chi connectivity index (χ1n) is 7.58. The molecule has 0 unspecified atom stereocenters. The van der Waals surface area contributed by atoms with Crippen LogP contribution in [-0.4, -0.2) is 9.97 Å². The zero-order valence-electron chi connectivity index (χ0n) is 13.6. The number of aromatic nitrogens is 2. The Bertz CT molecular complexity index is 1000. The van der Waals surface area contributed by atoms with Gasteiger partial charge in [-0.2, -0.15) is 26.3 Å². The Hall–Kier alpha value is -3.17. The second-order valence-electron chi connectivity index (χ2n) is 5.56. The highest BCUT2D eigenvalue weighted by atomic mass is 19.4. The molecule has 1 aromatic heterocycles. The minimum absolute atomic E-state index is 0.0255. The van der Waals surface area contributed by atoms with Gasteiger partial charge in [-0.15, -0.1) is 0 Å². The summed E-state index contributed by atoms with van der Waals surface area (Å²) in [4.78, 5) is 7.53. The van der Waals surface area contributed by atoms with Crippen LogP contribution in [0.5, 0.6) is 11.6 Å². The zero-order valence-corrected chi connectivity index (χ0v) is 13.6. The fourth-order valence-electron chi connectivity index (χ4n) is 2.31.